The van der Waals surface area contributed by atoms with Gasteiger partial charge in [0.2, 0.25) is 0 Å². The number of allylic oxidation sites excluding steroid dienone is 2. The first-order valence-corrected chi connectivity index (χ1v) is 4.98. The Morgan fingerprint density at radius 2 is 2.07 bits per heavy atom. The number of hydrogen-bond donors (Lipinski definition) is 0. The lowest BCUT2D eigenvalue weighted by molar-refractivity contribution is 0.117. The molecule has 1 aliphatic heterocycles. The standard InChI is InChI=1S/C11H18N2O/c1-3-4-10-14-11-9-13-7-5-12(2)6-8-13/h1,3-4H,5-9,11H2,2H3. The lowest BCUT2D eigenvalue weighted by Crippen LogP contribution is -2.45. The highest BCUT2D eigenvalue weighted by Crippen LogP contribution is 1.98. The number of ether oxygens (including phenoxy) is 1. The van der Waals surface area contributed by atoms with Crippen molar-refractivity contribution in [2.45, 2.75) is 0 Å². The highest BCUT2D eigenvalue weighted by atomic mass is 16.5. The van der Waals surface area contributed by atoms with Crippen LogP contribution in [0.3, 0.4) is 0 Å². The Bertz CT molecular complexity index is 184. The maximum atomic E-state index is 5.13. The van der Waals surface area contributed by atoms with E-state index in [0.29, 0.717) is 6.61 Å². The molecule has 0 unspecified atom stereocenters. The maximum Gasteiger partial charge on any atom is 0.161 e. The molecule has 0 saturated carbocycles. The molecule has 78 valence electrons. The second-order valence-electron chi connectivity index (χ2n) is 3.47. The molecule has 0 bridgehead atoms. The van der Waals surface area contributed by atoms with Crippen molar-refractivity contribution in [1.82, 2.24) is 9.80 Å². The van der Waals surface area contributed by atoms with Gasteiger partial charge >= 0.3 is 0 Å². The summed E-state index contributed by atoms with van der Waals surface area (Å²) in [4.78, 5) is 4.74. The van der Waals surface area contributed by atoms with E-state index in [9.17, 15) is 0 Å². The number of likely N-dealkylation sites (N-methyl/N-ethyl adjacent to an activating group) is 1. The van der Waals surface area contributed by atoms with Crippen LogP contribution in [0.2, 0.25) is 0 Å². The van der Waals surface area contributed by atoms with Crippen molar-refractivity contribution < 1.29 is 4.74 Å². The molecule has 1 heterocycles. The fraction of sp³-hybridized carbons (Fsp3) is 0.636. The van der Waals surface area contributed by atoms with Crippen LogP contribution in [-0.2, 0) is 4.74 Å². The Hall–Kier alpha value is -0.800. The van der Waals surface area contributed by atoms with Crippen LogP contribution in [-0.4, -0.2) is 56.2 Å². The Morgan fingerprint density at radius 1 is 1.36 bits per heavy atom. The van der Waals surface area contributed by atoms with Crippen LogP contribution in [0.5, 0.6) is 0 Å². The topological polar surface area (TPSA) is 15.7 Å². The Kier molecular flexibility index (Phi) is 5.33. The van der Waals surface area contributed by atoms with Gasteiger partial charge in [-0.15, -0.1) is 0 Å². The number of rotatable bonds is 5. The first-order valence-electron chi connectivity index (χ1n) is 4.98. The number of hydrogen-bond acceptors (Lipinski definition) is 3. The smallest absolute Gasteiger partial charge is 0.161 e. The summed E-state index contributed by atoms with van der Waals surface area (Å²) in [7, 11) is 2.15. The van der Waals surface area contributed by atoms with Gasteiger partial charge in [-0.2, -0.15) is 0 Å². The summed E-state index contributed by atoms with van der Waals surface area (Å²) in [5, 5.41) is 0. The van der Waals surface area contributed by atoms with Gasteiger partial charge in [-0.25, -0.2) is 0 Å². The van der Waals surface area contributed by atoms with Gasteiger partial charge in [-0.1, -0.05) is 12.7 Å². The third-order valence-electron chi connectivity index (χ3n) is 2.35. The van der Waals surface area contributed by atoms with E-state index in [0.717, 1.165) is 32.7 Å². The molecule has 0 aliphatic carbocycles. The van der Waals surface area contributed by atoms with Gasteiger partial charge < -0.3 is 9.64 Å². The van der Waals surface area contributed by atoms with E-state index in [4.69, 9.17) is 11.3 Å². The Morgan fingerprint density at radius 3 is 2.71 bits per heavy atom. The molecule has 14 heavy (non-hydrogen) atoms. The first-order chi connectivity index (χ1) is 6.83. The van der Waals surface area contributed by atoms with Gasteiger partial charge in [0.25, 0.3) is 0 Å². The predicted octanol–water partition coefficient (Wildman–Crippen LogP) is 0.556. The summed E-state index contributed by atoms with van der Waals surface area (Å²) in [5.74, 6) is 0. The zero-order chi connectivity index (χ0) is 10.2. The van der Waals surface area contributed by atoms with Crippen LogP contribution in [0.15, 0.2) is 12.2 Å². The molecule has 3 heteroatoms. The van der Waals surface area contributed by atoms with Crippen molar-refractivity contribution in [3.63, 3.8) is 0 Å². The molecule has 3 nitrogen and oxygen atoms in total. The zero-order valence-corrected chi connectivity index (χ0v) is 8.78. The zero-order valence-electron chi connectivity index (χ0n) is 8.78. The molecule has 0 aromatic heterocycles. The van der Waals surface area contributed by atoms with E-state index in [1.54, 1.807) is 6.08 Å². The third kappa shape index (κ3) is 4.44. The first kappa shape index (κ1) is 11.3. The molecule has 1 fully saturated rings. The van der Waals surface area contributed by atoms with Gasteiger partial charge in [0.1, 0.15) is 6.61 Å². The van der Waals surface area contributed by atoms with Crippen molar-refractivity contribution in [2.24, 2.45) is 0 Å². The minimum atomic E-state index is 0.689. The quantitative estimate of drug-likeness (QED) is 0.361. The lowest BCUT2D eigenvalue weighted by Gasteiger charge is -2.31. The van der Waals surface area contributed by atoms with E-state index < -0.39 is 0 Å². The second-order valence-corrected chi connectivity index (χ2v) is 3.47. The number of nitrogens with zero attached hydrogens (tertiary/aromatic N) is 2. The summed E-state index contributed by atoms with van der Waals surface area (Å²) >= 11 is 0. The highest BCUT2D eigenvalue weighted by Gasteiger charge is 2.12. The van der Waals surface area contributed by atoms with E-state index in [-0.39, 0.29) is 0 Å². The normalized spacial score (nSPS) is 20.1. The minimum Gasteiger partial charge on any atom is -0.488 e. The fourth-order valence-electron chi connectivity index (χ4n) is 1.39. The molecular formula is C11H18N2O. The van der Waals surface area contributed by atoms with Gasteiger partial charge in [-0.05, 0) is 13.1 Å². The average molecular weight is 194 g/mol. The van der Waals surface area contributed by atoms with Gasteiger partial charge in [0.05, 0.1) is 0 Å². The molecule has 0 amide bonds. The largest absolute Gasteiger partial charge is 0.488 e. The average Bonchev–Trinajstić information content (AvgIpc) is 2.21. The Labute approximate surface area is 86.6 Å². The summed E-state index contributed by atoms with van der Waals surface area (Å²) in [6.07, 6.45) is 5.63. The molecule has 0 aromatic carbocycles. The van der Waals surface area contributed by atoms with Gasteiger partial charge in [0.15, 0.2) is 6.26 Å². The summed E-state index contributed by atoms with van der Waals surface area (Å²) in [6, 6.07) is 0. The molecule has 1 aliphatic rings. The van der Waals surface area contributed by atoms with Crippen molar-refractivity contribution in [2.75, 3.05) is 46.4 Å². The van der Waals surface area contributed by atoms with Crippen molar-refractivity contribution in [1.29, 1.82) is 0 Å². The molecular weight excluding hydrogens is 176 g/mol. The second kappa shape index (κ2) is 6.62. The van der Waals surface area contributed by atoms with Crippen molar-refractivity contribution in [3.05, 3.63) is 25.0 Å². The van der Waals surface area contributed by atoms with Crippen LogP contribution >= 0.6 is 0 Å². The van der Waals surface area contributed by atoms with Crippen molar-refractivity contribution in [3.8, 4) is 0 Å². The van der Waals surface area contributed by atoms with E-state index in [2.05, 4.69) is 23.1 Å². The summed E-state index contributed by atoms with van der Waals surface area (Å²) < 4.78 is 5.13. The minimum absolute atomic E-state index is 0.689. The molecule has 1 saturated heterocycles. The third-order valence-corrected chi connectivity index (χ3v) is 2.35. The fourth-order valence-corrected chi connectivity index (χ4v) is 1.39. The molecule has 0 aromatic rings. The lowest BCUT2D eigenvalue weighted by atomic mass is 10.3. The van der Waals surface area contributed by atoms with Crippen LogP contribution in [0.4, 0.5) is 0 Å². The van der Waals surface area contributed by atoms with Crippen molar-refractivity contribution >= 4 is 0 Å². The highest BCUT2D eigenvalue weighted by molar-refractivity contribution is 4.86. The van der Waals surface area contributed by atoms with E-state index in [1.807, 2.05) is 0 Å². The van der Waals surface area contributed by atoms with Gasteiger partial charge in [0, 0.05) is 32.7 Å². The molecule has 2 radical (unpaired) electrons. The summed E-state index contributed by atoms with van der Waals surface area (Å²) in [5.41, 5.74) is 0. The monoisotopic (exact) mass is 194 g/mol. The van der Waals surface area contributed by atoms with Gasteiger partial charge in [-0.3, -0.25) is 4.90 Å². The van der Waals surface area contributed by atoms with E-state index in [1.165, 1.54) is 6.08 Å². The molecule has 0 N–H and O–H groups in total. The van der Waals surface area contributed by atoms with Crippen LogP contribution in [0, 0.1) is 12.8 Å². The molecule has 1 rings (SSSR count). The molecule has 0 atom stereocenters. The Balaban J connectivity index is 2.01. The number of piperazine rings is 1. The van der Waals surface area contributed by atoms with Crippen LogP contribution in [0.25, 0.3) is 0 Å². The summed E-state index contributed by atoms with van der Waals surface area (Å²) in [6.45, 7) is 11.4. The maximum absolute atomic E-state index is 5.13. The van der Waals surface area contributed by atoms with Crippen LogP contribution < -0.4 is 0 Å². The SMILES string of the molecule is [CH]=C/C=[C]/OCCN1CCN(C)CC1. The van der Waals surface area contributed by atoms with E-state index >= 15 is 0 Å². The van der Waals surface area contributed by atoms with Crippen LogP contribution in [0.1, 0.15) is 0 Å². The molecule has 0 spiro atoms. The predicted molar refractivity (Wildman–Crippen MR) is 56.6 cm³/mol.